The number of rotatable bonds is 3. The molecule has 158 valence electrons. The minimum absolute atomic E-state index is 0.000169. The Bertz CT molecular complexity index is 1590. The molecule has 0 unspecified atom stereocenters. The molecular weight excluding hydrogens is 404 g/mol. The fourth-order valence-corrected chi connectivity index (χ4v) is 4.26. The van der Waals surface area contributed by atoms with Crippen molar-refractivity contribution in [2.24, 2.45) is 14.1 Å². The molecule has 3 heterocycles. The fraction of sp³-hybridized carbons (Fsp3) is 0.120. The maximum absolute atomic E-state index is 12.3. The highest BCUT2D eigenvalue weighted by Crippen LogP contribution is 2.34. The van der Waals surface area contributed by atoms with Gasteiger partial charge in [-0.15, -0.1) is 0 Å². The summed E-state index contributed by atoms with van der Waals surface area (Å²) in [4.78, 5) is 32.1. The maximum Gasteiger partial charge on any atom is 0.354 e. The summed E-state index contributed by atoms with van der Waals surface area (Å²) in [5, 5.41) is 11.1. The molecule has 7 heteroatoms. The highest BCUT2D eigenvalue weighted by Gasteiger charge is 2.14. The van der Waals surface area contributed by atoms with E-state index in [0.717, 1.165) is 49.8 Å². The molecule has 0 radical (unpaired) electrons. The van der Waals surface area contributed by atoms with Crippen LogP contribution in [-0.4, -0.2) is 30.2 Å². The van der Waals surface area contributed by atoms with Gasteiger partial charge in [0.25, 0.3) is 0 Å². The van der Waals surface area contributed by atoms with Crippen molar-refractivity contribution in [1.82, 2.24) is 19.1 Å². The molecule has 0 atom stereocenters. The third-order valence-corrected chi connectivity index (χ3v) is 6.03. The lowest BCUT2D eigenvalue weighted by Gasteiger charge is -2.12. The molecule has 2 aromatic carbocycles. The first kappa shape index (κ1) is 19.7. The van der Waals surface area contributed by atoms with Gasteiger partial charge in [0.2, 0.25) is 0 Å². The van der Waals surface area contributed by atoms with Crippen LogP contribution in [0.1, 0.15) is 16.1 Å². The van der Waals surface area contributed by atoms with E-state index in [1.54, 1.807) is 29.3 Å². The molecule has 0 aliphatic carbocycles. The van der Waals surface area contributed by atoms with Crippen LogP contribution in [0.5, 0.6) is 0 Å². The third-order valence-electron chi connectivity index (χ3n) is 6.03. The van der Waals surface area contributed by atoms with Crippen LogP contribution in [0.15, 0.2) is 65.7 Å². The van der Waals surface area contributed by atoms with E-state index >= 15 is 0 Å². The number of carbonyl (C=O) groups is 1. The summed E-state index contributed by atoms with van der Waals surface area (Å²) in [5.74, 6) is -1.06. The van der Waals surface area contributed by atoms with Crippen molar-refractivity contribution >= 4 is 27.8 Å². The fourth-order valence-electron chi connectivity index (χ4n) is 4.26. The topological polar surface area (TPSA) is 90.0 Å². The number of nitrogens with zero attached hydrogens (tertiary/aromatic N) is 4. The summed E-state index contributed by atoms with van der Waals surface area (Å²) in [6.07, 6.45) is 3.38. The average Bonchev–Trinajstić information content (AvgIpc) is 3.02. The lowest BCUT2D eigenvalue weighted by molar-refractivity contribution is 0.0690. The van der Waals surface area contributed by atoms with Crippen molar-refractivity contribution < 1.29 is 9.90 Å². The smallest absolute Gasteiger partial charge is 0.354 e. The predicted molar refractivity (Wildman–Crippen MR) is 124 cm³/mol. The first-order valence-electron chi connectivity index (χ1n) is 10.1. The second-order valence-electron chi connectivity index (χ2n) is 7.84. The Hall–Kier alpha value is -4.26. The summed E-state index contributed by atoms with van der Waals surface area (Å²) in [5.41, 5.74) is 6.25. The molecular formula is C25H20N4O3. The van der Waals surface area contributed by atoms with Gasteiger partial charge in [-0.3, -0.25) is 14.1 Å². The van der Waals surface area contributed by atoms with Crippen LogP contribution in [0.2, 0.25) is 0 Å². The summed E-state index contributed by atoms with van der Waals surface area (Å²) < 4.78 is 3.29. The lowest BCUT2D eigenvalue weighted by Crippen LogP contribution is -2.19. The molecule has 0 aliphatic heterocycles. The lowest BCUT2D eigenvalue weighted by atomic mass is 9.95. The Morgan fingerprint density at radius 2 is 1.62 bits per heavy atom. The van der Waals surface area contributed by atoms with Crippen molar-refractivity contribution in [2.75, 3.05) is 0 Å². The standard InChI is InChI=1S/C25H20N4O3/c1-14-17-5-4-6-18(15-8-10-21-22(11-15)29(3)25(32)28(21)2)19(17)13-27-23(14)16-7-9-20(24(30)31)26-12-16/h4-13H,1-3H3,(H,30,31). The van der Waals surface area contributed by atoms with Crippen molar-refractivity contribution in [1.29, 1.82) is 0 Å². The van der Waals surface area contributed by atoms with E-state index in [4.69, 9.17) is 5.11 Å². The van der Waals surface area contributed by atoms with E-state index in [9.17, 15) is 9.59 Å². The minimum Gasteiger partial charge on any atom is -0.477 e. The Kier molecular flexibility index (Phi) is 4.41. The van der Waals surface area contributed by atoms with Gasteiger partial charge in [-0.2, -0.15) is 0 Å². The van der Waals surface area contributed by atoms with Crippen LogP contribution < -0.4 is 5.69 Å². The van der Waals surface area contributed by atoms with E-state index < -0.39 is 5.97 Å². The quantitative estimate of drug-likeness (QED) is 0.470. The first-order chi connectivity index (χ1) is 15.4. The van der Waals surface area contributed by atoms with Crippen LogP contribution in [-0.2, 0) is 14.1 Å². The monoisotopic (exact) mass is 424 g/mol. The van der Waals surface area contributed by atoms with Gasteiger partial charge in [-0.05, 0) is 53.3 Å². The zero-order valence-corrected chi connectivity index (χ0v) is 17.8. The third kappa shape index (κ3) is 2.90. The second kappa shape index (κ2) is 7.16. The largest absolute Gasteiger partial charge is 0.477 e. The molecule has 5 aromatic rings. The van der Waals surface area contributed by atoms with E-state index in [2.05, 4.69) is 22.1 Å². The number of carboxylic acid groups (broad SMARTS) is 1. The van der Waals surface area contributed by atoms with E-state index in [-0.39, 0.29) is 11.4 Å². The number of hydrogen-bond donors (Lipinski definition) is 1. The molecule has 0 saturated heterocycles. The molecule has 0 bridgehead atoms. The molecule has 0 spiro atoms. The molecule has 0 aliphatic rings. The van der Waals surface area contributed by atoms with Gasteiger partial charge >= 0.3 is 11.7 Å². The maximum atomic E-state index is 12.3. The first-order valence-corrected chi connectivity index (χ1v) is 10.1. The molecule has 32 heavy (non-hydrogen) atoms. The highest BCUT2D eigenvalue weighted by molar-refractivity contribution is 6.01. The SMILES string of the molecule is Cc1c(-c2ccc(C(=O)O)nc2)ncc2c(-c3ccc4c(c3)n(C)c(=O)n4C)cccc12. The molecule has 5 rings (SSSR count). The van der Waals surface area contributed by atoms with Gasteiger partial charge < -0.3 is 5.11 Å². The number of pyridine rings is 2. The predicted octanol–water partition coefficient (Wildman–Crippen LogP) is 4.16. The van der Waals surface area contributed by atoms with Crippen molar-refractivity contribution in [3.63, 3.8) is 0 Å². The molecule has 0 saturated carbocycles. The number of aromatic carboxylic acids is 1. The van der Waals surface area contributed by atoms with Gasteiger partial charge in [0.1, 0.15) is 5.69 Å². The summed E-state index contributed by atoms with van der Waals surface area (Å²) in [7, 11) is 3.55. The Labute approximate surface area is 183 Å². The number of aromatic nitrogens is 4. The van der Waals surface area contributed by atoms with Gasteiger partial charge in [0, 0.05) is 37.4 Å². The Morgan fingerprint density at radius 3 is 2.34 bits per heavy atom. The van der Waals surface area contributed by atoms with Gasteiger partial charge in [-0.25, -0.2) is 14.6 Å². The number of carboxylic acids is 1. The average molecular weight is 424 g/mol. The van der Waals surface area contributed by atoms with E-state index in [1.807, 2.05) is 37.4 Å². The molecule has 3 aromatic heterocycles. The number of imidazole rings is 1. The van der Waals surface area contributed by atoms with Crippen LogP contribution in [0.25, 0.3) is 44.2 Å². The highest BCUT2D eigenvalue weighted by atomic mass is 16.4. The minimum atomic E-state index is -1.06. The number of aryl methyl sites for hydroxylation is 3. The number of fused-ring (bicyclic) bond motifs is 2. The van der Waals surface area contributed by atoms with Crippen LogP contribution >= 0.6 is 0 Å². The normalized spacial score (nSPS) is 11.3. The Balaban J connectivity index is 1.67. The van der Waals surface area contributed by atoms with Crippen LogP contribution in [0.3, 0.4) is 0 Å². The molecule has 1 N–H and O–H groups in total. The van der Waals surface area contributed by atoms with E-state index in [1.165, 1.54) is 12.3 Å². The zero-order valence-electron chi connectivity index (χ0n) is 17.8. The number of benzene rings is 2. The molecule has 7 nitrogen and oxygen atoms in total. The van der Waals surface area contributed by atoms with Gasteiger partial charge in [0.15, 0.2) is 0 Å². The van der Waals surface area contributed by atoms with Crippen LogP contribution in [0.4, 0.5) is 0 Å². The molecule has 0 fully saturated rings. The summed E-state index contributed by atoms with van der Waals surface area (Å²) in [6.45, 7) is 2.00. The van der Waals surface area contributed by atoms with Crippen molar-refractivity contribution in [3.8, 4) is 22.4 Å². The van der Waals surface area contributed by atoms with Crippen LogP contribution in [0, 0.1) is 6.92 Å². The van der Waals surface area contributed by atoms with Crippen molar-refractivity contribution in [3.05, 3.63) is 82.7 Å². The summed E-state index contributed by atoms with van der Waals surface area (Å²) in [6, 6.07) is 15.3. The zero-order chi connectivity index (χ0) is 22.6. The van der Waals surface area contributed by atoms with E-state index in [0.29, 0.717) is 0 Å². The Morgan fingerprint density at radius 1 is 0.875 bits per heavy atom. The van der Waals surface area contributed by atoms with Gasteiger partial charge in [-0.1, -0.05) is 24.3 Å². The van der Waals surface area contributed by atoms with Gasteiger partial charge in [0.05, 0.1) is 16.7 Å². The summed E-state index contributed by atoms with van der Waals surface area (Å²) >= 11 is 0. The molecule has 0 amide bonds. The number of hydrogen-bond acceptors (Lipinski definition) is 4. The van der Waals surface area contributed by atoms with Crippen molar-refractivity contribution in [2.45, 2.75) is 6.92 Å². The second-order valence-corrected chi connectivity index (χ2v) is 7.84.